The molecule has 0 radical (unpaired) electrons. The zero-order valence-corrected chi connectivity index (χ0v) is 17.3. The van der Waals surface area contributed by atoms with Crippen LogP contribution in [0.15, 0.2) is 42.5 Å². The van der Waals surface area contributed by atoms with Gasteiger partial charge < -0.3 is 15.4 Å². The third kappa shape index (κ3) is 7.23. The van der Waals surface area contributed by atoms with E-state index in [9.17, 15) is 18.8 Å². The molecule has 0 bridgehead atoms. The van der Waals surface area contributed by atoms with Crippen LogP contribution >= 0.6 is 11.8 Å². The first-order valence-electron chi connectivity index (χ1n) is 8.96. The van der Waals surface area contributed by atoms with E-state index >= 15 is 0 Å². The molecule has 0 aromatic heterocycles. The fourth-order valence-corrected chi connectivity index (χ4v) is 3.04. The molecule has 2 amide bonds. The number of carbonyl (C=O) groups excluding carboxylic acids is 3. The molecule has 0 unspecified atom stereocenters. The summed E-state index contributed by atoms with van der Waals surface area (Å²) in [4.78, 5) is 35.9. The summed E-state index contributed by atoms with van der Waals surface area (Å²) in [7, 11) is 0. The summed E-state index contributed by atoms with van der Waals surface area (Å²) in [5.74, 6) is -2.10. The van der Waals surface area contributed by atoms with Gasteiger partial charge in [0.15, 0.2) is 6.10 Å². The van der Waals surface area contributed by atoms with Crippen LogP contribution in [0, 0.1) is 19.7 Å². The lowest BCUT2D eigenvalue weighted by atomic mass is 10.1. The predicted octanol–water partition coefficient (Wildman–Crippen LogP) is 3.68. The first-order chi connectivity index (χ1) is 13.8. The molecule has 2 N–H and O–H groups in total. The van der Waals surface area contributed by atoms with Gasteiger partial charge in [-0.15, -0.1) is 11.8 Å². The number of hydrogen-bond acceptors (Lipinski definition) is 5. The van der Waals surface area contributed by atoms with Gasteiger partial charge in [0.25, 0.3) is 5.91 Å². The number of carbonyl (C=O) groups is 3. The lowest BCUT2D eigenvalue weighted by Crippen LogP contribution is -2.31. The second-order valence-electron chi connectivity index (χ2n) is 6.46. The number of nitrogens with one attached hydrogen (secondary N) is 2. The van der Waals surface area contributed by atoms with Gasteiger partial charge in [-0.3, -0.25) is 14.4 Å². The van der Waals surface area contributed by atoms with E-state index in [1.807, 2.05) is 32.0 Å². The minimum absolute atomic E-state index is 0.0119. The highest BCUT2D eigenvalue weighted by atomic mass is 32.2. The van der Waals surface area contributed by atoms with Gasteiger partial charge in [0.2, 0.25) is 5.91 Å². The number of esters is 1. The smallest absolute Gasteiger partial charge is 0.316 e. The molecule has 0 aliphatic heterocycles. The van der Waals surface area contributed by atoms with Gasteiger partial charge in [0.05, 0.1) is 17.2 Å². The molecule has 6 nitrogen and oxygen atoms in total. The predicted molar refractivity (Wildman–Crippen MR) is 112 cm³/mol. The highest BCUT2D eigenvalue weighted by Crippen LogP contribution is 2.17. The quantitative estimate of drug-likeness (QED) is 0.639. The molecule has 0 fully saturated rings. The van der Waals surface area contributed by atoms with Crippen molar-refractivity contribution < 1.29 is 23.5 Å². The van der Waals surface area contributed by atoms with Crippen LogP contribution in [0.25, 0.3) is 0 Å². The van der Waals surface area contributed by atoms with E-state index < -0.39 is 23.8 Å². The number of rotatable bonds is 8. The van der Waals surface area contributed by atoms with Crippen molar-refractivity contribution in [1.29, 1.82) is 0 Å². The number of para-hydroxylation sites is 1. The molecule has 1 atom stereocenters. The molecule has 0 spiro atoms. The van der Waals surface area contributed by atoms with Crippen molar-refractivity contribution in [3.05, 3.63) is 59.4 Å². The number of anilines is 2. The van der Waals surface area contributed by atoms with Crippen molar-refractivity contribution in [2.24, 2.45) is 0 Å². The highest BCUT2D eigenvalue weighted by molar-refractivity contribution is 8.00. The molecular weight excluding hydrogens is 395 g/mol. The minimum atomic E-state index is -1.09. The maximum Gasteiger partial charge on any atom is 0.316 e. The van der Waals surface area contributed by atoms with E-state index in [1.165, 1.54) is 25.1 Å². The molecule has 0 saturated carbocycles. The average molecular weight is 418 g/mol. The molecule has 8 heteroatoms. The third-order valence-electron chi connectivity index (χ3n) is 3.92. The van der Waals surface area contributed by atoms with E-state index in [4.69, 9.17) is 4.74 Å². The van der Waals surface area contributed by atoms with Gasteiger partial charge in [-0.05, 0) is 44.5 Å². The second-order valence-corrected chi connectivity index (χ2v) is 7.45. The second kappa shape index (κ2) is 10.6. The standard InChI is InChI=1S/C21H23FN2O4S/c1-13-8-9-17(14(2)10-13)23-19(25)11-29-12-20(26)28-15(3)21(27)24-18-7-5-4-6-16(18)22/h4-10,15H,11-12H2,1-3H3,(H,23,25)(H,24,27)/t15-/m1/s1. The lowest BCUT2D eigenvalue weighted by molar-refractivity contribution is -0.150. The van der Waals surface area contributed by atoms with E-state index in [-0.39, 0.29) is 23.1 Å². The molecule has 0 aliphatic rings. The molecule has 154 valence electrons. The molecular formula is C21H23FN2O4S. The zero-order chi connectivity index (χ0) is 21.4. The Morgan fingerprint density at radius 1 is 1.03 bits per heavy atom. The summed E-state index contributed by atoms with van der Waals surface area (Å²) in [6, 6.07) is 11.4. The zero-order valence-electron chi connectivity index (χ0n) is 16.5. The fraction of sp³-hybridized carbons (Fsp3) is 0.286. The normalized spacial score (nSPS) is 11.4. The van der Waals surface area contributed by atoms with Gasteiger partial charge in [-0.2, -0.15) is 0 Å². The number of thioether (sulfide) groups is 1. The first kappa shape index (κ1) is 22.4. The topological polar surface area (TPSA) is 84.5 Å². The van der Waals surface area contributed by atoms with Crippen molar-refractivity contribution in [3.8, 4) is 0 Å². The van der Waals surface area contributed by atoms with E-state index in [0.29, 0.717) is 0 Å². The van der Waals surface area contributed by atoms with Crippen molar-refractivity contribution in [2.75, 3.05) is 22.1 Å². The SMILES string of the molecule is Cc1ccc(NC(=O)CSCC(=O)O[C@H](C)C(=O)Nc2ccccc2F)c(C)c1. The average Bonchev–Trinajstić information content (AvgIpc) is 2.65. The summed E-state index contributed by atoms with van der Waals surface area (Å²) >= 11 is 1.08. The first-order valence-corrected chi connectivity index (χ1v) is 10.1. The number of ether oxygens (including phenoxy) is 1. The van der Waals surface area contributed by atoms with Crippen LogP contribution in [-0.2, 0) is 19.1 Å². The summed E-state index contributed by atoms with van der Waals surface area (Å²) in [5.41, 5.74) is 2.79. The van der Waals surface area contributed by atoms with Gasteiger partial charge in [-0.1, -0.05) is 29.8 Å². The van der Waals surface area contributed by atoms with E-state index in [0.717, 1.165) is 28.6 Å². The number of hydrogen-bond donors (Lipinski definition) is 2. The Bertz CT molecular complexity index is 904. The lowest BCUT2D eigenvalue weighted by Gasteiger charge is -2.14. The van der Waals surface area contributed by atoms with Crippen LogP contribution in [0.5, 0.6) is 0 Å². The van der Waals surface area contributed by atoms with E-state index in [2.05, 4.69) is 10.6 Å². The van der Waals surface area contributed by atoms with E-state index in [1.54, 1.807) is 6.07 Å². The Kier molecular flexibility index (Phi) is 8.21. The Balaban J connectivity index is 1.72. The highest BCUT2D eigenvalue weighted by Gasteiger charge is 2.19. The summed E-state index contributed by atoms with van der Waals surface area (Å²) in [6.07, 6.45) is -1.09. The molecule has 0 aliphatic carbocycles. The Morgan fingerprint density at radius 2 is 1.76 bits per heavy atom. The van der Waals surface area contributed by atoms with Crippen molar-refractivity contribution in [2.45, 2.75) is 26.9 Å². The third-order valence-corrected chi connectivity index (χ3v) is 4.82. The largest absolute Gasteiger partial charge is 0.452 e. The molecule has 2 rings (SSSR count). The van der Waals surface area contributed by atoms with Crippen LogP contribution in [0.2, 0.25) is 0 Å². The molecule has 0 heterocycles. The fourth-order valence-electron chi connectivity index (χ4n) is 2.45. The number of halogens is 1. The van der Waals surface area contributed by atoms with Crippen LogP contribution in [-0.4, -0.2) is 35.4 Å². The van der Waals surface area contributed by atoms with Crippen LogP contribution < -0.4 is 10.6 Å². The summed E-state index contributed by atoms with van der Waals surface area (Å²) < 4.78 is 18.6. The van der Waals surface area contributed by atoms with Crippen molar-refractivity contribution in [1.82, 2.24) is 0 Å². The monoisotopic (exact) mass is 418 g/mol. The maximum absolute atomic E-state index is 13.6. The number of benzene rings is 2. The molecule has 2 aromatic rings. The minimum Gasteiger partial charge on any atom is -0.452 e. The summed E-state index contributed by atoms with van der Waals surface area (Å²) in [6.45, 7) is 5.27. The Morgan fingerprint density at radius 3 is 2.45 bits per heavy atom. The maximum atomic E-state index is 13.6. The molecule has 2 aromatic carbocycles. The van der Waals surface area contributed by atoms with Gasteiger partial charge >= 0.3 is 5.97 Å². The van der Waals surface area contributed by atoms with Gasteiger partial charge in [-0.25, -0.2) is 4.39 Å². The number of amides is 2. The van der Waals surface area contributed by atoms with Gasteiger partial charge in [0.1, 0.15) is 5.82 Å². The van der Waals surface area contributed by atoms with Crippen LogP contribution in [0.3, 0.4) is 0 Å². The van der Waals surface area contributed by atoms with Gasteiger partial charge in [0, 0.05) is 5.69 Å². The Labute approximate surface area is 173 Å². The van der Waals surface area contributed by atoms with Crippen LogP contribution in [0.4, 0.5) is 15.8 Å². The van der Waals surface area contributed by atoms with Crippen molar-refractivity contribution >= 4 is 40.9 Å². The van der Waals surface area contributed by atoms with Crippen LogP contribution in [0.1, 0.15) is 18.1 Å². The summed E-state index contributed by atoms with van der Waals surface area (Å²) in [5, 5.41) is 5.16. The van der Waals surface area contributed by atoms with Crippen molar-refractivity contribution in [3.63, 3.8) is 0 Å². The molecule has 0 saturated heterocycles. The number of aryl methyl sites for hydroxylation is 2. The molecule has 29 heavy (non-hydrogen) atoms. The Hall–Kier alpha value is -2.87.